The maximum atomic E-state index is 12.5. The van der Waals surface area contributed by atoms with Crippen LogP contribution in [0.25, 0.3) is 11.4 Å². The SMILES string of the molecule is CCCNC(=O)c1cc(Nc2ccc3c(c2)OCCO3)nc(-c2ccccc2)n1. The first-order valence-electron chi connectivity index (χ1n) is 9.62. The Morgan fingerprint density at radius 1 is 1.00 bits per heavy atom. The van der Waals surface area contributed by atoms with Crippen molar-refractivity contribution in [1.82, 2.24) is 15.3 Å². The van der Waals surface area contributed by atoms with Crippen LogP contribution in [0.3, 0.4) is 0 Å². The predicted octanol–water partition coefficient (Wildman–Crippen LogP) is 3.80. The van der Waals surface area contributed by atoms with Crippen LogP contribution in [-0.4, -0.2) is 35.6 Å². The minimum atomic E-state index is -0.225. The molecule has 0 saturated heterocycles. The Hall–Kier alpha value is -3.61. The molecule has 1 amide bonds. The molecule has 0 atom stereocenters. The zero-order valence-electron chi connectivity index (χ0n) is 16.1. The fraction of sp³-hybridized carbons (Fsp3) is 0.227. The van der Waals surface area contributed by atoms with Crippen LogP contribution in [0.5, 0.6) is 11.5 Å². The second kappa shape index (κ2) is 8.60. The van der Waals surface area contributed by atoms with Crippen LogP contribution < -0.4 is 20.1 Å². The van der Waals surface area contributed by atoms with Crippen LogP contribution in [0, 0.1) is 0 Å². The number of ether oxygens (including phenoxy) is 2. The number of hydrogen-bond acceptors (Lipinski definition) is 6. The molecule has 0 spiro atoms. The van der Waals surface area contributed by atoms with E-state index in [2.05, 4.69) is 20.6 Å². The normalized spacial score (nSPS) is 12.3. The van der Waals surface area contributed by atoms with Gasteiger partial charge in [-0.25, -0.2) is 9.97 Å². The van der Waals surface area contributed by atoms with Crippen LogP contribution in [0.15, 0.2) is 54.6 Å². The second-order valence-corrected chi connectivity index (χ2v) is 6.57. The lowest BCUT2D eigenvalue weighted by molar-refractivity contribution is 0.0948. The van der Waals surface area contributed by atoms with Crippen molar-refractivity contribution in [3.05, 3.63) is 60.3 Å². The third-order valence-corrected chi connectivity index (χ3v) is 4.34. The van der Waals surface area contributed by atoms with Gasteiger partial charge in [-0.15, -0.1) is 0 Å². The molecular weight excluding hydrogens is 368 g/mol. The molecule has 7 heteroatoms. The Morgan fingerprint density at radius 3 is 2.59 bits per heavy atom. The van der Waals surface area contributed by atoms with Crippen molar-refractivity contribution in [2.75, 3.05) is 25.1 Å². The van der Waals surface area contributed by atoms with Crippen molar-refractivity contribution in [1.29, 1.82) is 0 Å². The number of amides is 1. The molecule has 29 heavy (non-hydrogen) atoms. The highest BCUT2D eigenvalue weighted by molar-refractivity contribution is 5.93. The fourth-order valence-electron chi connectivity index (χ4n) is 2.94. The largest absolute Gasteiger partial charge is 0.486 e. The minimum absolute atomic E-state index is 0.225. The highest BCUT2D eigenvalue weighted by Gasteiger charge is 2.15. The number of fused-ring (bicyclic) bond motifs is 1. The van der Waals surface area contributed by atoms with Crippen LogP contribution in [-0.2, 0) is 0 Å². The predicted molar refractivity (Wildman–Crippen MR) is 111 cm³/mol. The highest BCUT2D eigenvalue weighted by atomic mass is 16.6. The lowest BCUT2D eigenvalue weighted by atomic mass is 10.2. The summed E-state index contributed by atoms with van der Waals surface area (Å²) in [6.45, 7) is 3.66. The van der Waals surface area contributed by atoms with Crippen molar-refractivity contribution in [2.45, 2.75) is 13.3 Å². The van der Waals surface area contributed by atoms with Crippen LogP contribution >= 0.6 is 0 Å². The highest BCUT2D eigenvalue weighted by Crippen LogP contribution is 2.33. The molecule has 2 aromatic carbocycles. The van der Waals surface area contributed by atoms with E-state index in [9.17, 15) is 4.79 Å². The van der Waals surface area contributed by atoms with Gasteiger partial charge in [0.1, 0.15) is 24.7 Å². The first kappa shape index (κ1) is 18.7. The van der Waals surface area contributed by atoms with E-state index in [1.165, 1.54) is 0 Å². The minimum Gasteiger partial charge on any atom is -0.486 e. The van der Waals surface area contributed by atoms with Crippen LogP contribution in [0.4, 0.5) is 11.5 Å². The van der Waals surface area contributed by atoms with Gasteiger partial charge in [0.15, 0.2) is 17.3 Å². The molecule has 0 saturated carbocycles. The molecule has 0 fully saturated rings. The number of carbonyl (C=O) groups is 1. The van der Waals surface area contributed by atoms with Crippen molar-refractivity contribution in [3.8, 4) is 22.9 Å². The Bertz CT molecular complexity index is 1010. The van der Waals surface area contributed by atoms with E-state index in [-0.39, 0.29) is 5.91 Å². The number of aromatic nitrogens is 2. The van der Waals surface area contributed by atoms with E-state index in [0.29, 0.717) is 48.6 Å². The second-order valence-electron chi connectivity index (χ2n) is 6.57. The molecular formula is C22H22N4O3. The first-order valence-corrected chi connectivity index (χ1v) is 9.62. The van der Waals surface area contributed by atoms with E-state index < -0.39 is 0 Å². The third-order valence-electron chi connectivity index (χ3n) is 4.34. The molecule has 0 radical (unpaired) electrons. The quantitative estimate of drug-likeness (QED) is 0.666. The molecule has 0 unspecified atom stereocenters. The monoisotopic (exact) mass is 390 g/mol. The van der Waals surface area contributed by atoms with Gasteiger partial charge in [-0.05, 0) is 18.6 Å². The molecule has 1 aromatic heterocycles. The standard InChI is InChI=1S/C22H22N4O3/c1-2-10-23-22(27)17-14-20(26-21(25-17)15-6-4-3-5-7-15)24-16-8-9-18-19(13-16)29-12-11-28-18/h3-9,13-14H,2,10-12H2,1H3,(H,23,27)(H,24,25,26). The number of anilines is 2. The maximum absolute atomic E-state index is 12.5. The van der Waals surface area contributed by atoms with E-state index in [1.807, 2.05) is 55.5 Å². The summed E-state index contributed by atoms with van der Waals surface area (Å²) < 4.78 is 11.2. The summed E-state index contributed by atoms with van der Waals surface area (Å²) in [5.41, 5.74) is 1.93. The molecule has 1 aliphatic heterocycles. The molecule has 2 heterocycles. The lowest BCUT2D eigenvalue weighted by Crippen LogP contribution is -2.25. The molecule has 7 nitrogen and oxygen atoms in total. The van der Waals surface area contributed by atoms with Gasteiger partial charge < -0.3 is 20.1 Å². The van der Waals surface area contributed by atoms with Gasteiger partial charge in [0, 0.05) is 29.9 Å². The van der Waals surface area contributed by atoms with Crippen molar-refractivity contribution in [2.24, 2.45) is 0 Å². The number of nitrogens with zero attached hydrogens (tertiary/aromatic N) is 2. The number of nitrogens with one attached hydrogen (secondary N) is 2. The van der Waals surface area contributed by atoms with Crippen molar-refractivity contribution < 1.29 is 14.3 Å². The van der Waals surface area contributed by atoms with E-state index in [1.54, 1.807) is 6.07 Å². The Kier molecular flexibility index (Phi) is 5.56. The van der Waals surface area contributed by atoms with Gasteiger partial charge in [0.2, 0.25) is 0 Å². The Labute approximate surface area is 169 Å². The van der Waals surface area contributed by atoms with Crippen molar-refractivity contribution >= 4 is 17.4 Å². The molecule has 3 aromatic rings. The number of benzene rings is 2. The van der Waals surface area contributed by atoms with Gasteiger partial charge in [-0.2, -0.15) is 0 Å². The van der Waals surface area contributed by atoms with E-state index in [4.69, 9.17) is 9.47 Å². The summed E-state index contributed by atoms with van der Waals surface area (Å²) in [4.78, 5) is 21.6. The summed E-state index contributed by atoms with van der Waals surface area (Å²) in [7, 11) is 0. The maximum Gasteiger partial charge on any atom is 0.270 e. The smallest absolute Gasteiger partial charge is 0.270 e. The molecule has 0 bridgehead atoms. The number of hydrogen-bond donors (Lipinski definition) is 2. The zero-order chi connectivity index (χ0) is 20.1. The number of carbonyl (C=O) groups excluding carboxylic acids is 1. The summed E-state index contributed by atoms with van der Waals surface area (Å²) in [6, 6.07) is 16.8. The lowest BCUT2D eigenvalue weighted by Gasteiger charge is -2.19. The van der Waals surface area contributed by atoms with Crippen LogP contribution in [0.1, 0.15) is 23.8 Å². The molecule has 1 aliphatic rings. The summed E-state index contributed by atoms with van der Waals surface area (Å²) >= 11 is 0. The Balaban J connectivity index is 1.67. The topological polar surface area (TPSA) is 85.4 Å². The average Bonchev–Trinajstić information content (AvgIpc) is 2.77. The summed E-state index contributed by atoms with van der Waals surface area (Å²) in [5, 5.41) is 6.11. The number of rotatable bonds is 6. The van der Waals surface area contributed by atoms with Gasteiger partial charge in [-0.1, -0.05) is 37.3 Å². The van der Waals surface area contributed by atoms with Gasteiger partial charge in [0.05, 0.1) is 0 Å². The van der Waals surface area contributed by atoms with Crippen LogP contribution in [0.2, 0.25) is 0 Å². The fourth-order valence-corrected chi connectivity index (χ4v) is 2.94. The molecule has 148 valence electrons. The molecule has 2 N–H and O–H groups in total. The first-order chi connectivity index (χ1) is 14.2. The Morgan fingerprint density at radius 2 is 1.79 bits per heavy atom. The third kappa shape index (κ3) is 4.45. The van der Waals surface area contributed by atoms with Gasteiger partial charge >= 0.3 is 0 Å². The van der Waals surface area contributed by atoms with Gasteiger partial charge in [-0.3, -0.25) is 4.79 Å². The molecule has 0 aliphatic carbocycles. The average molecular weight is 390 g/mol. The summed E-state index contributed by atoms with van der Waals surface area (Å²) in [6.07, 6.45) is 0.852. The van der Waals surface area contributed by atoms with E-state index >= 15 is 0 Å². The molecule has 4 rings (SSSR count). The van der Waals surface area contributed by atoms with E-state index in [0.717, 1.165) is 17.7 Å². The zero-order valence-corrected chi connectivity index (χ0v) is 16.1. The summed E-state index contributed by atoms with van der Waals surface area (Å²) in [5.74, 6) is 2.18. The van der Waals surface area contributed by atoms with Crippen molar-refractivity contribution in [3.63, 3.8) is 0 Å². The van der Waals surface area contributed by atoms with Gasteiger partial charge in [0.25, 0.3) is 5.91 Å².